The fourth-order valence-electron chi connectivity index (χ4n) is 20.5. The SMILES string of the molecule is CCCCCCCCCCCCOc1cc2c3c(c4cc(OCCCCCCCCCCCC)c(OCCCCCCCCCCCC)cc4c2cc1OCCCCCCCCCCCC)=C=C=C=C=c1c(c2cc(OCCCCCCCCCCCC)c(OCCCCCCCCCCCC)cc2c2cc(OCCCCCCCCCCCC)c(OCCCCCCCCCCCC)cc12)=C=C=C=C=3. The zero-order chi connectivity index (χ0) is 98.7. The highest BCUT2D eigenvalue weighted by molar-refractivity contribution is 6.11. The molecule has 0 saturated carbocycles. The fourth-order valence-corrected chi connectivity index (χ4v) is 20.5. The zero-order valence-corrected chi connectivity index (χ0v) is 92.1. The fraction of sp³-hybridized carbons (Fsp3) is 0.727. The maximum Gasteiger partial charge on any atom is 0.161 e. The van der Waals surface area contributed by atoms with Gasteiger partial charge in [-0.25, -0.2) is 0 Å². The second kappa shape index (κ2) is 83.2. The minimum Gasteiger partial charge on any atom is -0.490 e. The molecule has 0 amide bonds. The van der Waals surface area contributed by atoms with E-state index in [2.05, 4.69) is 150 Å². The lowest BCUT2D eigenvalue weighted by atomic mass is 9.96. The lowest BCUT2D eigenvalue weighted by molar-refractivity contribution is 0.258. The first kappa shape index (κ1) is 120. The van der Waals surface area contributed by atoms with Crippen molar-refractivity contribution in [1.82, 2.24) is 0 Å². The van der Waals surface area contributed by atoms with Crippen LogP contribution in [0.3, 0.4) is 0 Å². The first-order valence-corrected chi connectivity index (χ1v) is 60.7. The number of ether oxygens (including phenoxy) is 8. The summed E-state index contributed by atoms with van der Waals surface area (Å²) in [6.07, 6.45) is 101. The van der Waals surface area contributed by atoms with E-state index in [-0.39, 0.29) is 0 Å². The van der Waals surface area contributed by atoms with Crippen LogP contribution in [-0.4, -0.2) is 52.9 Å². The third kappa shape index (κ3) is 51.7. The topological polar surface area (TPSA) is 73.8 Å². The minimum absolute atomic E-state index is 0.595. The van der Waals surface area contributed by atoms with E-state index in [0.717, 1.165) is 213 Å². The molecule has 0 heterocycles. The Morgan fingerprint density at radius 2 is 0.214 bits per heavy atom. The Labute approximate surface area is 858 Å². The summed E-state index contributed by atoms with van der Waals surface area (Å²) in [4.78, 5) is 0. The van der Waals surface area contributed by atoms with Crippen LogP contribution < -0.4 is 58.8 Å². The molecule has 6 aromatic carbocycles. The average Bonchev–Trinajstić information content (AvgIpc) is 0.738. The quantitative estimate of drug-likeness (QED) is 0.0212. The van der Waals surface area contributed by atoms with Gasteiger partial charge < -0.3 is 37.9 Å². The highest BCUT2D eigenvalue weighted by Crippen LogP contribution is 2.42. The molecular weight excluding hydrogens is 1710 g/mol. The molecule has 8 heteroatoms. The molecule has 0 aromatic heterocycles. The molecule has 6 aromatic rings. The van der Waals surface area contributed by atoms with Crippen molar-refractivity contribution in [3.63, 3.8) is 0 Å². The second-order valence-electron chi connectivity index (χ2n) is 42.1. The van der Waals surface area contributed by atoms with Gasteiger partial charge in [0.1, 0.15) is 0 Å². The first-order valence-electron chi connectivity index (χ1n) is 60.7. The Hall–Kier alpha value is -7.00. The highest BCUT2D eigenvalue weighted by Gasteiger charge is 2.22. The lowest BCUT2D eigenvalue weighted by Gasteiger charge is -2.18. The van der Waals surface area contributed by atoms with Crippen molar-refractivity contribution in [2.75, 3.05) is 52.9 Å². The van der Waals surface area contributed by atoms with Crippen LogP contribution in [0.5, 0.6) is 46.0 Å². The van der Waals surface area contributed by atoms with Gasteiger partial charge in [0, 0.05) is 42.4 Å². The van der Waals surface area contributed by atoms with Crippen molar-refractivity contribution < 1.29 is 37.9 Å². The summed E-state index contributed by atoms with van der Waals surface area (Å²) in [6.45, 7) is 23.3. The van der Waals surface area contributed by atoms with Crippen molar-refractivity contribution >= 4 is 66.0 Å². The summed E-state index contributed by atoms with van der Waals surface area (Å²) < 4.78 is 56.9. The molecule has 0 bridgehead atoms. The summed E-state index contributed by atoms with van der Waals surface area (Å²) in [7, 11) is 0. The van der Waals surface area contributed by atoms with Gasteiger partial charge in [-0.2, -0.15) is 0 Å². The predicted molar refractivity (Wildman–Crippen MR) is 608 cm³/mol. The van der Waals surface area contributed by atoms with Gasteiger partial charge in [0.25, 0.3) is 0 Å². The van der Waals surface area contributed by atoms with Crippen molar-refractivity contribution in [3.05, 3.63) is 92.3 Å². The first-order chi connectivity index (χ1) is 69.4. The van der Waals surface area contributed by atoms with Crippen LogP contribution in [0.15, 0.2) is 71.5 Å². The Morgan fingerprint density at radius 1 is 0.121 bits per heavy atom. The number of fused-ring (bicyclic) bond motifs is 12. The van der Waals surface area contributed by atoms with E-state index >= 15 is 0 Å². The molecule has 0 spiro atoms. The number of rotatable bonds is 96. The van der Waals surface area contributed by atoms with E-state index in [1.54, 1.807) is 0 Å². The molecular formula is C132H208O8. The molecule has 0 atom stereocenters. The van der Waals surface area contributed by atoms with Crippen molar-refractivity contribution in [2.45, 2.75) is 569 Å². The summed E-state index contributed by atoms with van der Waals surface area (Å²) in [6, 6.07) is 18.0. The van der Waals surface area contributed by atoms with E-state index in [1.165, 1.54) is 411 Å². The van der Waals surface area contributed by atoms with E-state index < -0.39 is 0 Å². The molecule has 1 aliphatic carbocycles. The largest absolute Gasteiger partial charge is 0.490 e. The highest BCUT2D eigenvalue weighted by atomic mass is 16.5. The standard InChI is InChI=1S/C132H208O8/c1-9-17-25-33-41-49-57-65-73-85-97-133-125-105-117-113-93-81-82-95-115-116(96-84-83-94-114(113)118-106-126(134-98-86-74-66-58-50-42-34-26-18-10-2)130(138-102-90-78-70-62-54-46-38-30-22-14-6)110-122(118)121(117)109-129(125)137-101-89-77-69-61-53-45-37-29-21-13-5)120-108-128(136-100-88-76-68-60-52-44-36-28-20-12-4)132(140-104-92-80-72-64-56-48-40-32-24-16-8)112-124(120)123-111-131(139-103-91-79-71-63-55-47-39-31-23-15-7)127(107-119(115)123)135-99-87-75-67-59-51-43-35-27-19-11-3/h105-112H,9-80,85-92,97-104H2,1-8H3. The molecule has 0 radical (unpaired) electrons. The molecule has 140 heavy (non-hydrogen) atoms. The van der Waals surface area contributed by atoms with Crippen LogP contribution in [0.4, 0.5) is 0 Å². The van der Waals surface area contributed by atoms with Crippen LogP contribution in [0.2, 0.25) is 0 Å². The third-order valence-electron chi connectivity index (χ3n) is 29.4. The predicted octanol–water partition coefficient (Wildman–Crippen LogP) is 39.7. The number of hydrogen-bond donors (Lipinski definition) is 0. The van der Waals surface area contributed by atoms with Gasteiger partial charge in [-0.05, 0) is 144 Å². The summed E-state index contributed by atoms with van der Waals surface area (Å²) in [5.74, 6) is 6.04. The molecule has 0 N–H and O–H groups in total. The van der Waals surface area contributed by atoms with Crippen LogP contribution in [0.25, 0.3) is 66.0 Å². The maximum atomic E-state index is 7.12. The number of benzene rings is 6. The monoisotopic (exact) mass is 1920 g/mol. The molecule has 0 aliphatic heterocycles. The number of unbranched alkanes of at least 4 members (excludes halogenated alkanes) is 72. The molecule has 8 nitrogen and oxygen atoms in total. The van der Waals surface area contributed by atoms with Crippen molar-refractivity contribution in [3.8, 4) is 46.0 Å². The summed E-state index contributed by atoms with van der Waals surface area (Å²) >= 11 is 0. The molecule has 784 valence electrons. The van der Waals surface area contributed by atoms with E-state index in [0.29, 0.717) is 52.9 Å². The Bertz CT molecular complexity index is 4120. The van der Waals surface area contributed by atoms with Crippen LogP contribution in [0, 0.1) is 0 Å². The van der Waals surface area contributed by atoms with E-state index in [1.807, 2.05) is 0 Å². The van der Waals surface area contributed by atoms with Crippen LogP contribution in [0.1, 0.15) is 569 Å². The van der Waals surface area contributed by atoms with Gasteiger partial charge in [-0.15, -0.1) is 0 Å². The lowest BCUT2D eigenvalue weighted by Crippen LogP contribution is -2.25. The van der Waals surface area contributed by atoms with Crippen molar-refractivity contribution in [1.29, 1.82) is 0 Å². The molecule has 1 aliphatic rings. The third-order valence-corrected chi connectivity index (χ3v) is 29.4. The van der Waals surface area contributed by atoms with Crippen molar-refractivity contribution in [2.24, 2.45) is 0 Å². The zero-order valence-electron chi connectivity index (χ0n) is 92.1. The molecule has 0 saturated heterocycles. The minimum atomic E-state index is 0.595. The number of hydrogen-bond acceptors (Lipinski definition) is 8. The summed E-state index contributed by atoms with van der Waals surface area (Å²) in [5, 5.41) is 10.9. The van der Waals surface area contributed by atoms with Gasteiger partial charge in [-0.3, -0.25) is 0 Å². The summed E-state index contributed by atoms with van der Waals surface area (Å²) in [5.41, 5.74) is 29.6. The maximum absolute atomic E-state index is 7.12. The van der Waals surface area contributed by atoms with Gasteiger partial charge in [0.05, 0.1) is 52.9 Å². The van der Waals surface area contributed by atoms with Crippen LogP contribution in [-0.2, 0) is 0 Å². The Morgan fingerprint density at radius 3 is 0.321 bits per heavy atom. The van der Waals surface area contributed by atoms with Gasteiger partial charge in [-0.1, -0.05) is 541 Å². The van der Waals surface area contributed by atoms with E-state index in [4.69, 9.17) is 37.9 Å². The molecule has 0 fully saturated rings. The average molecular weight is 1920 g/mol. The smallest absolute Gasteiger partial charge is 0.161 e. The molecule has 7 rings (SSSR count). The molecule has 0 unspecified atom stereocenters. The Balaban J connectivity index is 1.51. The van der Waals surface area contributed by atoms with E-state index in [9.17, 15) is 0 Å². The normalized spacial score (nSPS) is 11.7. The van der Waals surface area contributed by atoms with Gasteiger partial charge in [0.2, 0.25) is 0 Å². The van der Waals surface area contributed by atoms with Gasteiger partial charge >= 0.3 is 0 Å². The van der Waals surface area contributed by atoms with Gasteiger partial charge in [0.15, 0.2) is 46.0 Å². The second-order valence-corrected chi connectivity index (χ2v) is 42.1. The Kier molecular flexibility index (Phi) is 71.3. The van der Waals surface area contributed by atoms with Crippen LogP contribution >= 0.6 is 0 Å².